The van der Waals surface area contributed by atoms with Crippen LogP contribution in [-0.4, -0.2) is 35.7 Å². The van der Waals surface area contributed by atoms with Crippen LogP contribution in [-0.2, 0) is 4.79 Å². The van der Waals surface area contributed by atoms with Crippen LogP contribution in [0.5, 0.6) is 0 Å². The van der Waals surface area contributed by atoms with Crippen molar-refractivity contribution in [2.24, 2.45) is 0 Å². The van der Waals surface area contributed by atoms with Gasteiger partial charge in [0.25, 0.3) is 5.91 Å². The molecule has 6 heteroatoms. The fraction of sp³-hybridized carbons (Fsp3) is 0.500. The predicted molar refractivity (Wildman–Crippen MR) is 71.4 cm³/mol. The van der Waals surface area contributed by atoms with Crippen LogP contribution in [0.3, 0.4) is 0 Å². The molecule has 1 aromatic carbocycles. The van der Waals surface area contributed by atoms with Crippen LogP contribution in [0.25, 0.3) is 0 Å². The van der Waals surface area contributed by atoms with Crippen molar-refractivity contribution in [3.63, 3.8) is 0 Å². The van der Waals surface area contributed by atoms with E-state index in [2.05, 4.69) is 5.32 Å². The smallest absolute Gasteiger partial charge is 0.251 e. The van der Waals surface area contributed by atoms with Crippen molar-refractivity contribution in [2.75, 3.05) is 18.0 Å². The first-order valence-corrected chi connectivity index (χ1v) is 6.50. The Bertz CT molecular complexity index is 514. The number of nitrogens with one attached hydrogen (secondary N) is 1. The Morgan fingerprint density at radius 1 is 1.45 bits per heavy atom. The topological polar surface area (TPSA) is 52.6 Å². The number of carbonyl (C=O) groups excluding carboxylic acids is 1. The van der Waals surface area contributed by atoms with Gasteiger partial charge < -0.3 is 15.3 Å². The fourth-order valence-corrected chi connectivity index (χ4v) is 2.20. The van der Waals surface area contributed by atoms with Crippen molar-refractivity contribution in [3.8, 4) is 0 Å². The van der Waals surface area contributed by atoms with Crippen LogP contribution in [0.2, 0.25) is 0 Å². The molecule has 0 radical (unpaired) electrons. The minimum atomic E-state index is -1.44. The maximum Gasteiger partial charge on any atom is 0.251 e. The first kappa shape index (κ1) is 14.7. The number of nitrogens with zero attached hydrogens (tertiary/aromatic N) is 1. The van der Waals surface area contributed by atoms with Gasteiger partial charge in [-0.05, 0) is 32.4 Å². The van der Waals surface area contributed by atoms with Crippen molar-refractivity contribution in [1.29, 1.82) is 0 Å². The van der Waals surface area contributed by atoms with Gasteiger partial charge in [0.1, 0.15) is 17.2 Å². The maximum absolute atomic E-state index is 13.7. The van der Waals surface area contributed by atoms with Crippen LogP contribution in [0.15, 0.2) is 18.2 Å². The van der Waals surface area contributed by atoms with Crippen molar-refractivity contribution in [2.45, 2.75) is 31.9 Å². The molecule has 0 saturated carbocycles. The number of carbonyl (C=O) groups is 1. The average molecular weight is 284 g/mol. The van der Waals surface area contributed by atoms with Gasteiger partial charge in [-0.2, -0.15) is 0 Å². The summed E-state index contributed by atoms with van der Waals surface area (Å²) in [6, 6.07) is 3.29. The third-order valence-electron chi connectivity index (χ3n) is 3.33. The second-order valence-electron chi connectivity index (χ2n) is 5.56. The molecule has 1 saturated heterocycles. The van der Waals surface area contributed by atoms with E-state index in [1.165, 1.54) is 26.0 Å². The molecule has 1 aliphatic rings. The van der Waals surface area contributed by atoms with Crippen molar-refractivity contribution in [3.05, 3.63) is 29.8 Å². The molecule has 2 N–H and O–H groups in total. The van der Waals surface area contributed by atoms with E-state index in [0.29, 0.717) is 25.2 Å². The van der Waals surface area contributed by atoms with Crippen molar-refractivity contribution < 1.29 is 18.7 Å². The number of aliphatic hydroxyl groups is 1. The van der Waals surface area contributed by atoms with Crippen LogP contribution in [0.4, 0.5) is 14.5 Å². The van der Waals surface area contributed by atoms with E-state index in [1.54, 1.807) is 4.90 Å². The first-order valence-electron chi connectivity index (χ1n) is 6.50. The quantitative estimate of drug-likeness (QED) is 0.883. The molecule has 1 aliphatic heterocycles. The Morgan fingerprint density at radius 2 is 2.15 bits per heavy atom. The van der Waals surface area contributed by atoms with Crippen LogP contribution >= 0.6 is 0 Å². The largest absolute Gasteiger partial charge is 0.381 e. The number of halogens is 2. The molecule has 0 aromatic heterocycles. The molecule has 0 bridgehead atoms. The summed E-state index contributed by atoms with van der Waals surface area (Å²) in [5.74, 6) is -1.68. The number of rotatable bonds is 3. The molecule has 1 amide bonds. The van der Waals surface area contributed by atoms with Crippen LogP contribution in [0, 0.1) is 11.6 Å². The Morgan fingerprint density at radius 3 is 2.75 bits per heavy atom. The van der Waals surface area contributed by atoms with Gasteiger partial charge >= 0.3 is 0 Å². The monoisotopic (exact) mass is 284 g/mol. The number of benzene rings is 1. The zero-order valence-electron chi connectivity index (χ0n) is 11.5. The zero-order chi connectivity index (χ0) is 14.9. The lowest BCUT2D eigenvalue weighted by molar-refractivity contribution is -0.137. The zero-order valence-corrected chi connectivity index (χ0v) is 11.5. The van der Waals surface area contributed by atoms with E-state index < -0.39 is 23.1 Å². The van der Waals surface area contributed by atoms with Crippen molar-refractivity contribution >= 4 is 11.6 Å². The van der Waals surface area contributed by atoms with Gasteiger partial charge in [0, 0.05) is 25.2 Å². The van der Waals surface area contributed by atoms with E-state index in [9.17, 15) is 18.7 Å². The number of anilines is 1. The molecular formula is C14H18F2N2O2. The molecular weight excluding hydrogens is 266 g/mol. The third-order valence-corrected chi connectivity index (χ3v) is 3.33. The molecule has 2 rings (SSSR count). The molecule has 0 unspecified atom stereocenters. The molecule has 1 aromatic rings. The summed E-state index contributed by atoms with van der Waals surface area (Å²) in [5.41, 5.74) is -1.11. The highest BCUT2D eigenvalue weighted by atomic mass is 19.1. The second-order valence-corrected chi connectivity index (χ2v) is 5.56. The molecule has 1 fully saturated rings. The van der Waals surface area contributed by atoms with E-state index >= 15 is 0 Å². The lowest BCUT2D eigenvalue weighted by Gasteiger charge is -2.22. The molecule has 4 nitrogen and oxygen atoms in total. The second kappa shape index (κ2) is 5.36. The van der Waals surface area contributed by atoms with Gasteiger partial charge in [-0.15, -0.1) is 0 Å². The van der Waals surface area contributed by atoms with E-state index in [1.807, 2.05) is 0 Å². The highest BCUT2D eigenvalue weighted by Gasteiger charge is 2.30. The molecule has 1 atom stereocenters. The van der Waals surface area contributed by atoms with Gasteiger partial charge in [0.05, 0.1) is 5.69 Å². The number of hydrogen-bond acceptors (Lipinski definition) is 3. The molecule has 1 heterocycles. The lowest BCUT2D eigenvalue weighted by Crippen LogP contribution is -2.47. The van der Waals surface area contributed by atoms with E-state index in [0.717, 1.165) is 6.07 Å². The number of amides is 1. The summed E-state index contributed by atoms with van der Waals surface area (Å²) in [6.07, 6.45) is 0.651. The summed E-state index contributed by atoms with van der Waals surface area (Å²) >= 11 is 0. The van der Waals surface area contributed by atoms with Gasteiger partial charge in [-0.1, -0.05) is 0 Å². The van der Waals surface area contributed by atoms with Crippen LogP contribution in [0.1, 0.15) is 20.3 Å². The third kappa shape index (κ3) is 3.25. The summed E-state index contributed by atoms with van der Waals surface area (Å²) in [4.78, 5) is 13.4. The van der Waals surface area contributed by atoms with Crippen molar-refractivity contribution in [1.82, 2.24) is 5.32 Å². The highest BCUT2D eigenvalue weighted by molar-refractivity contribution is 5.84. The Labute approximate surface area is 116 Å². The van der Waals surface area contributed by atoms with Crippen LogP contribution < -0.4 is 10.2 Å². The average Bonchev–Trinajstić information content (AvgIpc) is 2.76. The fourth-order valence-electron chi connectivity index (χ4n) is 2.20. The summed E-state index contributed by atoms with van der Waals surface area (Å²) < 4.78 is 26.5. The normalized spacial score (nSPS) is 19.2. The molecule has 0 aliphatic carbocycles. The molecule has 20 heavy (non-hydrogen) atoms. The van der Waals surface area contributed by atoms with E-state index in [4.69, 9.17) is 0 Å². The van der Waals surface area contributed by atoms with Gasteiger partial charge in [0.2, 0.25) is 0 Å². The standard InChI is InChI=1S/C14H18F2N2O2/c1-14(2,20)13(19)17-10-5-6-18(8-10)12-4-3-9(15)7-11(12)16/h3-4,7,10,20H,5-6,8H2,1-2H3,(H,17,19)/t10-/m0/s1. The minimum Gasteiger partial charge on any atom is -0.381 e. The summed E-state index contributed by atoms with van der Waals surface area (Å²) in [5, 5.41) is 12.3. The Kier molecular flexibility index (Phi) is 3.94. The Hall–Kier alpha value is -1.69. The molecule has 0 spiro atoms. The minimum absolute atomic E-state index is 0.154. The number of hydrogen-bond donors (Lipinski definition) is 2. The highest BCUT2D eigenvalue weighted by Crippen LogP contribution is 2.24. The maximum atomic E-state index is 13.7. The van der Waals surface area contributed by atoms with Gasteiger partial charge in [-0.3, -0.25) is 4.79 Å². The summed E-state index contributed by atoms with van der Waals surface area (Å²) in [6.45, 7) is 3.83. The van der Waals surface area contributed by atoms with E-state index in [-0.39, 0.29) is 6.04 Å². The first-order chi connectivity index (χ1) is 9.27. The molecule has 110 valence electrons. The SMILES string of the molecule is CC(C)(O)C(=O)N[C@H]1CCN(c2ccc(F)cc2F)C1. The summed E-state index contributed by atoms with van der Waals surface area (Å²) in [7, 11) is 0. The predicted octanol–water partition coefficient (Wildman–Crippen LogP) is 1.43. The Balaban J connectivity index is 2.00. The van der Waals surface area contributed by atoms with Gasteiger partial charge in [-0.25, -0.2) is 8.78 Å². The van der Waals surface area contributed by atoms with Gasteiger partial charge in [0.15, 0.2) is 0 Å². The lowest BCUT2D eigenvalue weighted by atomic mass is 10.1.